The van der Waals surface area contributed by atoms with Gasteiger partial charge in [0.25, 0.3) is 0 Å². The molecule has 5 nitrogen and oxygen atoms in total. The molecule has 1 N–H and O–H groups in total. The first-order valence-electron chi connectivity index (χ1n) is 7.28. The molecule has 0 saturated carbocycles. The fraction of sp³-hybridized carbons (Fsp3) is 0.533. The molecule has 0 aliphatic carbocycles. The third-order valence-electron chi connectivity index (χ3n) is 3.95. The van der Waals surface area contributed by atoms with Crippen molar-refractivity contribution in [2.45, 2.75) is 25.8 Å². The van der Waals surface area contributed by atoms with Crippen LogP contribution in [-0.2, 0) is 14.8 Å². The average Bonchev–Trinajstić information content (AvgIpc) is 2.47. The van der Waals surface area contributed by atoms with Crippen LogP contribution >= 0.6 is 11.6 Å². The number of piperidine rings is 1. The number of carbonyl (C=O) groups is 1. The van der Waals surface area contributed by atoms with Crippen LogP contribution in [0.1, 0.15) is 31.4 Å². The molecule has 0 aromatic heterocycles. The van der Waals surface area contributed by atoms with Gasteiger partial charge >= 0.3 is 0 Å². The van der Waals surface area contributed by atoms with Gasteiger partial charge in [0.05, 0.1) is 18.2 Å². The second-order valence-electron chi connectivity index (χ2n) is 5.74. The first-order chi connectivity index (χ1) is 10.3. The third-order valence-corrected chi connectivity index (χ3v) is 5.47. The zero-order valence-electron chi connectivity index (χ0n) is 12.8. The number of halogens is 1. The molecular weight excluding hydrogens is 324 g/mol. The Bertz CT molecular complexity index is 631. The van der Waals surface area contributed by atoms with Crippen LogP contribution in [-0.4, -0.2) is 38.0 Å². The van der Waals surface area contributed by atoms with Gasteiger partial charge in [-0.05, 0) is 37.5 Å². The molecule has 1 fully saturated rings. The summed E-state index contributed by atoms with van der Waals surface area (Å²) in [5, 5.41) is 3.61. The van der Waals surface area contributed by atoms with Crippen LogP contribution in [0.5, 0.6) is 0 Å². The van der Waals surface area contributed by atoms with Gasteiger partial charge in [-0.1, -0.05) is 23.7 Å². The molecule has 0 spiro atoms. The molecule has 1 aromatic carbocycles. The fourth-order valence-electron chi connectivity index (χ4n) is 2.62. The summed E-state index contributed by atoms with van der Waals surface area (Å²) in [4.78, 5) is 12.4. The number of benzene rings is 1. The van der Waals surface area contributed by atoms with Crippen molar-refractivity contribution in [3.05, 3.63) is 34.9 Å². The van der Waals surface area contributed by atoms with Gasteiger partial charge < -0.3 is 5.32 Å². The maximum absolute atomic E-state index is 12.4. The molecule has 1 aliphatic heterocycles. The maximum atomic E-state index is 12.4. The van der Waals surface area contributed by atoms with E-state index in [2.05, 4.69) is 5.32 Å². The second-order valence-corrected chi connectivity index (χ2v) is 8.16. The number of hydrogen-bond acceptors (Lipinski definition) is 3. The SMILES string of the molecule is C[C@@H](NC(=O)[C@H]1CCCN(S(C)(=O)=O)C1)c1ccc(Cl)cc1. The van der Waals surface area contributed by atoms with Crippen molar-refractivity contribution in [2.75, 3.05) is 19.3 Å². The second kappa shape index (κ2) is 6.98. The highest BCUT2D eigenvalue weighted by Crippen LogP contribution is 2.21. The standard InChI is InChI=1S/C15H21ClN2O3S/c1-11(12-5-7-14(16)8-6-12)17-15(19)13-4-3-9-18(10-13)22(2,20)21/h5-8,11,13H,3-4,9-10H2,1-2H3,(H,17,19)/t11-,13+/m1/s1. The summed E-state index contributed by atoms with van der Waals surface area (Å²) in [5.41, 5.74) is 0.966. The summed E-state index contributed by atoms with van der Waals surface area (Å²) in [6.45, 7) is 2.66. The van der Waals surface area contributed by atoms with E-state index in [0.29, 0.717) is 24.4 Å². The summed E-state index contributed by atoms with van der Waals surface area (Å²) < 4.78 is 24.6. The average molecular weight is 345 g/mol. The van der Waals surface area contributed by atoms with E-state index in [1.807, 2.05) is 19.1 Å². The van der Waals surface area contributed by atoms with E-state index in [0.717, 1.165) is 5.56 Å². The molecule has 1 aromatic rings. The number of carbonyl (C=O) groups excluding carboxylic acids is 1. The minimum atomic E-state index is -3.24. The van der Waals surface area contributed by atoms with E-state index in [9.17, 15) is 13.2 Å². The van der Waals surface area contributed by atoms with Crippen LogP contribution in [0.2, 0.25) is 5.02 Å². The summed E-state index contributed by atoms with van der Waals surface area (Å²) in [5.74, 6) is -0.394. The highest BCUT2D eigenvalue weighted by Gasteiger charge is 2.30. The summed E-state index contributed by atoms with van der Waals surface area (Å²) in [6, 6.07) is 7.17. The van der Waals surface area contributed by atoms with Crippen molar-refractivity contribution in [3.8, 4) is 0 Å². The Morgan fingerprint density at radius 2 is 2.00 bits per heavy atom. The maximum Gasteiger partial charge on any atom is 0.224 e. The van der Waals surface area contributed by atoms with Gasteiger partial charge in [-0.15, -0.1) is 0 Å². The zero-order chi connectivity index (χ0) is 16.3. The largest absolute Gasteiger partial charge is 0.349 e. The summed E-state index contributed by atoms with van der Waals surface area (Å²) in [6.07, 6.45) is 2.61. The molecule has 0 bridgehead atoms. The molecule has 2 rings (SSSR count). The topological polar surface area (TPSA) is 66.5 Å². The molecule has 1 amide bonds. The lowest BCUT2D eigenvalue weighted by Gasteiger charge is -2.30. The molecule has 7 heteroatoms. The Balaban J connectivity index is 1.98. The number of amides is 1. The fourth-order valence-corrected chi connectivity index (χ4v) is 3.66. The Morgan fingerprint density at radius 3 is 2.59 bits per heavy atom. The lowest BCUT2D eigenvalue weighted by Crippen LogP contribution is -2.45. The first-order valence-corrected chi connectivity index (χ1v) is 9.51. The van der Waals surface area contributed by atoms with Crippen LogP contribution in [0, 0.1) is 5.92 Å². The molecule has 2 atom stereocenters. The van der Waals surface area contributed by atoms with E-state index in [1.54, 1.807) is 12.1 Å². The molecular formula is C15H21ClN2O3S. The Morgan fingerprint density at radius 1 is 1.36 bits per heavy atom. The molecule has 1 aliphatic rings. The number of hydrogen-bond donors (Lipinski definition) is 1. The predicted molar refractivity (Wildman–Crippen MR) is 87.2 cm³/mol. The molecule has 1 heterocycles. The smallest absolute Gasteiger partial charge is 0.224 e. The van der Waals surface area contributed by atoms with Crippen LogP contribution in [0.4, 0.5) is 0 Å². The summed E-state index contributed by atoms with van der Waals surface area (Å²) >= 11 is 5.85. The minimum absolute atomic E-state index is 0.101. The van der Waals surface area contributed by atoms with E-state index >= 15 is 0 Å². The van der Waals surface area contributed by atoms with Crippen molar-refractivity contribution in [1.29, 1.82) is 0 Å². The molecule has 22 heavy (non-hydrogen) atoms. The zero-order valence-corrected chi connectivity index (χ0v) is 14.3. The van der Waals surface area contributed by atoms with Gasteiger partial charge in [0.1, 0.15) is 0 Å². The highest BCUT2D eigenvalue weighted by molar-refractivity contribution is 7.88. The van der Waals surface area contributed by atoms with Crippen molar-refractivity contribution in [3.63, 3.8) is 0 Å². The van der Waals surface area contributed by atoms with Crippen molar-refractivity contribution >= 4 is 27.5 Å². The Kier molecular flexibility index (Phi) is 5.47. The van der Waals surface area contributed by atoms with Crippen molar-refractivity contribution in [1.82, 2.24) is 9.62 Å². The first kappa shape index (κ1) is 17.2. The van der Waals surface area contributed by atoms with Crippen LogP contribution in [0.15, 0.2) is 24.3 Å². The lowest BCUT2D eigenvalue weighted by atomic mass is 9.98. The van der Waals surface area contributed by atoms with Gasteiger partial charge in [0.2, 0.25) is 15.9 Å². The van der Waals surface area contributed by atoms with E-state index in [1.165, 1.54) is 10.6 Å². The number of sulfonamides is 1. The van der Waals surface area contributed by atoms with Crippen molar-refractivity contribution in [2.24, 2.45) is 5.92 Å². The summed E-state index contributed by atoms with van der Waals surface area (Å²) in [7, 11) is -3.24. The van der Waals surface area contributed by atoms with Gasteiger partial charge in [0.15, 0.2) is 0 Å². The van der Waals surface area contributed by atoms with E-state index < -0.39 is 10.0 Å². The number of nitrogens with one attached hydrogen (secondary N) is 1. The van der Waals surface area contributed by atoms with E-state index in [4.69, 9.17) is 11.6 Å². The molecule has 122 valence electrons. The van der Waals surface area contributed by atoms with Crippen LogP contribution in [0.25, 0.3) is 0 Å². The van der Waals surface area contributed by atoms with Gasteiger partial charge in [-0.3, -0.25) is 4.79 Å². The van der Waals surface area contributed by atoms with Crippen LogP contribution in [0.3, 0.4) is 0 Å². The highest BCUT2D eigenvalue weighted by atomic mass is 35.5. The Labute approximate surface area is 136 Å². The number of nitrogens with zero attached hydrogens (tertiary/aromatic N) is 1. The molecule has 1 saturated heterocycles. The van der Waals surface area contributed by atoms with Gasteiger partial charge in [-0.25, -0.2) is 12.7 Å². The van der Waals surface area contributed by atoms with Crippen molar-refractivity contribution < 1.29 is 13.2 Å². The molecule has 0 radical (unpaired) electrons. The quantitative estimate of drug-likeness (QED) is 0.910. The minimum Gasteiger partial charge on any atom is -0.349 e. The van der Waals surface area contributed by atoms with E-state index in [-0.39, 0.29) is 24.4 Å². The third kappa shape index (κ3) is 4.44. The number of rotatable bonds is 4. The Hall–Kier alpha value is -1.11. The lowest BCUT2D eigenvalue weighted by molar-refractivity contribution is -0.126. The molecule has 0 unspecified atom stereocenters. The van der Waals surface area contributed by atoms with Crippen LogP contribution < -0.4 is 5.32 Å². The van der Waals surface area contributed by atoms with Gasteiger partial charge in [0, 0.05) is 18.1 Å². The van der Waals surface area contributed by atoms with Gasteiger partial charge in [-0.2, -0.15) is 0 Å². The predicted octanol–water partition coefficient (Wildman–Crippen LogP) is 2.19. The normalized spacial score (nSPS) is 21.3. The monoisotopic (exact) mass is 344 g/mol.